The van der Waals surface area contributed by atoms with Gasteiger partial charge in [0.25, 0.3) is 0 Å². The van der Waals surface area contributed by atoms with Gasteiger partial charge in [0, 0.05) is 22.5 Å². The average molecular weight is 355 g/mol. The van der Waals surface area contributed by atoms with Crippen LogP contribution < -0.4 is 15.4 Å². The number of aromatic nitrogens is 1. The number of nitrogens with two attached hydrogens (primary N) is 1. The van der Waals surface area contributed by atoms with Crippen LogP contribution in [0.2, 0.25) is 0 Å². The van der Waals surface area contributed by atoms with Crippen molar-refractivity contribution in [3.8, 4) is 5.75 Å². The number of fused-ring (bicyclic) bond motifs is 1. The van der Waals surface area contributed by atoms with E-state index in [0.717, 1.165) is 28.9 Å². The Morgan fingerprint density at radius 3 is 2.92 bits per heavy atom. The second-order valence-electron chi connectivity index (χ2n) is 5.80. The van der Waals surface area contributed by atoms with Gasteiger partial charge in [-0.1, -0.05) is 6.92 Å². The molecule has 0 saturated heterocycles. The largest absolute Gasteiger partial charge is 0.497 e. The van der Waals surface area contributed by atoms with Crippen LogP contribution in [0.4, 0.5) is 5.69 Å². The maximum atomic E-state index is 12.6. The van der Waals surface area contributed by atoms with Gasteiger partial charge >= 0.3 is 0 Å². The van der Waals surface area contributed by atoms with Crippen LogP contribution in [-0.4, -0.2) is 24.4 Å². The number of thiophene rings is 1. The zero-order valence-corrected chi connectivity index (χ0v) is 14.7. The van der Waals surface area contributed by atoms with Crippen LogP contribution >= 0.6 is 11.3 Å². The maximum absolute atomic E-state index is 12.6. The lowest BCUT2D eigenvalue weighted by Crippen LogP contribution is -2.25. The summed E-state index contributed by atoms with van der Waals surface area (Å²) in [5, 5.41) is 3.74. The molecule has 4 rings (SSSR count). The summed E-state index contributed by atoms with van der Waals surface area (Å²) in [5.41, 5.74) is 9.97. The molecule has 0 bridgehead atoms. The lowest BCUT2D eigenvalue weighted by Gasteiger charge is -2.20. The highest BCUT2D eigenvalue weighted by atomic mass is 32.1. The van der Waals surface area contributed by atoms with Crippen LogP contribution in [0, 0.1) is 0 Å². The van der Waals surface area contributed by atoms with Crippen LogP contribution in [0.1, 0.15) is 18.4 Å². The molecular weight excluding hydrogens is 338 g/mol. The number of nitrogens with zero attached hydrogens (tertiary/aromatic N) is 2. The van der Waals surface area contributed by atoms with E-state index in [9.17, 15) is 4.79 Å². The van der Waals surface area contributed by atoms with Crippen molar-refractivity contribution in [1.82, 2.24) is 4.98 Å². The van der Waals surface area contributed by atoms with Crippen molar-refractivity contribution in [2.75, 3.05) is 18.6 Å². The Labute approximate surface area is 148 Å². The summed E-state index contributed by atoms with van der Waals surface area (Å²) in [4.78, 5) is 18.7. The molecule has 0 spiro atoms. The summed E-state index contributed by atoms with van der Waals surface area (Å²) in [6.45, 7) is 2.23. The molecule has 128 valence electrons. The second-order valence-corrected chi connectivity index (χ2v) is 6.55. The van der Waals surface area contributed by atoms with Crippen molar-refractivity contribution >= 4 is 39.5 Å². The van der Waals surface area contributed by atoms with E-state index in [0.29, 0.717) is 17.0 Å². The topological polar surface area (TPSA) is 81.6 Å². The lowest BCUT2D eigenvalue weighted by molar-refractivity contribution is -0.112. The van der Waals surface area contributed by atoms with Gasteiger partial charge in [-0.15, -0.1) is 11.3 Å². The molecule has 0 fully saturated rings. The minimum Gasteiger partial charge on any atom is -0.497 e. The number of methoxy groups -OCH3 is 1. The molecule has 0 unspecified atom stereocenters. The Bertz CT molecular complexity index is 951. The summed E-state index contributed by atoms with van der Waals surface area (Å²) >= 11 is 1.51. The normalized spacial score (nSPS) is 14.8. The van der Waals surface area contributed by atoms with E-state index >= 15 is 0 Å². The maximum Gasteiger partial charge on any atom is 0.234 e. The van der Waals surface area contributed by atoms with Crippen molar-refractivity contribution < 1.29 is 13.9 Å². The van der Waals surface area contributed by atoms with Crippen LogP contribution in [0.3, 0.4) is 0 Å². The van der Waals surface area contributed by atoms with Gasteiger partial charge in [0.15, 0.2) is 11.4 Å². The third-order valence-corrected chi connectivity index (χ3v) is 4.99. The SMILES string of the molecule is CCc1cc(OC)cc(N2CC(=O)C(c3nc4cscc4o3)=C2N)c1. The molecule has 2 aromatic heterocycles. The molecular formula is C18H17N3O3S. The fourth-order valence-electron chi connectivity index (χ4n) is 2.95. The zero-order valence-electron chi connectivity index (χ0n) is 13.9. The van der Waals surface area contributed by atoms with Crippen molar-refractivity contribution in [3.05, 3.63) is 46.2 Å². The summed E-state index contributed by atoms with van der Waals surface area (Å²) < 4.78 is 11.1. The van der Waals surface area contributed by atoms with Gasteiger partial charge in [0.05, 0.1) is 13.7 Å². The molecule has 0 atom stereocenters. The first-order valence-electron chi connectivity index (χ1n) is 7.92. The monoisotopic (exact) mass is 355 g/mol. The Morgan fingerprint density at radius 2 is 2.20 bits per heavy atom. The first-order chi connectivity index (χ1) is 12.1. The number of ether oxygens (including phenoxy) is 1. The van der Waals surface area contributed by atoms with Crippen LogP contribution in [0.25, 0.3) is 16.7 Å². The first-order valence-corrected chi connectivity index (χ1v) is 8.86. The smallest absolute Gasteiger partial charge is 0.234 e. The number of benzene rings is 1. The summed E-state index contributed by atoms with van der Waals surface area (Å²) in [7, 11) is 1.62. The highest BCUT2D eigenvalue weighted by Crippen LogP contribution is 2.34. The average Bonchev–Trinajstić information content (AvgIpc) is 3.27. The molecule has 3 heterocycles. The van der Waals surface area contributed by atoms with E-state index in [-0.39, 0.29) is 18.2 Å². The predicted octanol–water partition coefficient (Wildman–Crippen LogP) is 3.18. The van der Waals surface area contributed by atoms with E-state index in [1.165, 1.54) is 11.3 Å². The number of hydrogen-bond acceptors (Lipinski definition) is 7. The van der Waals surface area contributed by atoms with E-state index < -0.39 is 0 Å². The molecule has 0 radical (unpaired) electrons. The Kier molecular flexibility index (Phi) is 3.73. The lowest BCUT2D eigenvalue weighted by atomic mass is 10.1. The van der Waals surface area contributed by atoms with Gasteiger partial charge < -0.3 is 19.8 Å². The second kappa shape index (κ2) is 5.93. The fraction of sp³-hybridized carbons (Fsp3) is 0.222. The van der Waals surface area contributed by atoms with Crippen molar-refractivity contribution in [3.63, 3.8) is 0 Å². The number of rotatable bonds is 4. The summed E-state index contributed by atoms with van der Waals surface area (Å²) in [6.07, 6.45) is 0.859. The van der Waals surface area contributed by atoms with Gasteiger partial charge in [-0.25, -0.2) is 4.98 Å². The standard InChI is InChI=1S/C18H17N3O3S/c1-3-10-4-11(6-12(5-10)23-2)21-7-14(22)16(17(21)19)18-20-13-8-25-9-15(13)24-18/h4-6,8-9H,3,7,19H2,1-2H3. The highest BCUT2D eigenvalue weighted by molar-refractivity contribution is 7.09. The van der Waals surface area contributed by atoms with Crippen molar-refractivity contribution in [2.24, 2.45) is 5.73 Å². The first kappa shape index (κ1) is 15.7. The number of oxazole rings is 1. The highest BCUT2D eigenvalue weighted by Gasteiger charge is 2.33. The summed E-state index contributed by atoms with van der Waals surface area (Å²) in [6, 6.07) is 5.86. The quantitative estimate of drug-likeness (QED) is 0.774. The Balaban J connectivity index is 1.78. The molecule has 3 aromatic rings. The molecule has 0 saturated carbocycles. The predicted molar refractivity (Wildman–Crippen MR) is 97.7 cm³/mol. The molecule has 7 heteroatoms. The molecule has 1 aliphatic rings. The molecule has 0 aliphatic carbocycles. The Hall–Kier alpha value is -2.80. The molecule has 6 nitrogen and oxygen atoms in total. The van der Waals surface area contributed by atoms with E-state index in [4.69, 9.17) is 14.9 Å². The van der Waals surface area contributed by atoms with Gasteiger partial charge in [-0.2, -0.15) is 0 Å². The number of aryl methyl sites for hydroxylation is 1. The summed E-state index contributed by atoms with van der Waals surface area (Å²) in [5.74, 6) is 1.26. The number of Topliss-reactive ketones (excluding diaryl/α,β-unsaturated/α-hetero) is 1. The third kappa shape index (κ3) is 2.56. The van der Waals surface area contributed by atoms with Gasteiger partial charge in [-0.3, -0.25) is 4.79 Å². The number of carbonyl (C=O) groups is 1. The van der Waals surface area contributed by atoms with Crippen molar-refractivity contribution in [1.29, 1.82) is 0 Å². The zero-order chi connectivity index (χ0) is 17.6. The van der Waals surface area contributed by atoms with Gasteiger partial charge in [-0.05, 0) is 24.1 Å². The molecule has 1 aliphatic heterocycles. The van der Waals surface area contributed by atoms with Gasteiger partial charge in [0.2, 0.25) is 5.89 Å². The number of anilines is 1. The van der Waals surface area contributed by atoms with E-state index in [1.807, 2.05) is 29.0 Å². The molecule has 1 aromatic carbocycles. The minimum atomic E-state index is -0.106. The minimum absolute atomic E-state index is 0.106. The van der Waals surface area contributed by atoms with E-state index in [2.05, 4.69) is 11.9 Å². The van der Waals surface area contributed by atoms with Crippen LogP contribution in [0.15, 0.2) is 39.2 Å². The number of hydrogen-bond donors (Lipinski definition) is 1. The fourth-order valence-corrected chi connectivity index (χ4v) is 3.60. The number of ketones is 1. The van der Waals surface area contributed by atoms with Crippen LogP contribution in [-0.2, 0) is 11.2 Å². The number of carbonyl (C=O) groups excluding carboxylic acids is 1. The third-order valence-electron chi connectivity index (χ3n) is 4.28. The molecule has 2 N–H and O–H groups in total. The molecule has 25 heavy (non-hydrogen) atoms. The van der Waals surface area contributed by atoms with Crippen LogP contribution in [0.5, 0.6) is 5.75 Å². The Morgan fingerprint density at radius 1 is 1.36 bits per heavy atom. The van der Waals surface area contributed by atoms with E-state index in [1.54, 1.807) is 12.0 Å². The molecule has 0 amide bonds. The van der Waals surface area contributed by atoms with Crippen molar-refractivity contribution in [2.45, 2.75) is 13.3 Å². The van der Waals surface area contributed by atoms with Gasteiger partial charge in [0.1, 0.15) is 22.7 Å².